The smallest absolute Gasteiger partial charge is 0.193 e. The van der Waals surface area contributed by atoms with Crippen LogP contribution in [0.5, 0.6) is 0 Å². The van der Waals surface area contributed by atoms with Gasteiger partial charge in [-0.15, -0.1) is 0 Å². The molecule has 3 rings (SSSR count). The first-order valence-electron chi connectivity index (χ1n) is 9.64. The number of hydrogen-bond acceptors (Lipinski definition) is 3. The molecule has 0 bridgehead atoms. The summed E-state index contributed by atoms with van der Waals surface area (Å²) in [7, 11) is 1.92. The predicted molar refractivity (Wildman–Crippen MR) is 94.9 cm³/mol. The molecule has 1 atom stereocenters. The van der Waals surface area contributed by atoms with E-state index in [1.165, 1.54) is 44.9 Å². The van der Waals surface area contributed by atoms with E-state index in [0.29, 0.717) is 6.04 Å². The first-order chi connectivity index (χ1) is 11.4. The van der Waals surface area contributed by atoms with Crippen molar-refractivity contribution in [3.63, 3.8) is 0 Å². The third-order valence-corrected chi connectivity index (χ3v) is 5.78. The van der Waals surface area contributed by atoms with Gasteiger partial charge in [-0.05, 0) is 25.2 Å². The van der Waals surface area contributed by atoms with Crippen molar-refractivity contribution in [2.75, 3.05) is 53.0 Å². The van der Waals surface area contributed by atoms with Gasteiger partial charge in [0, 0.05) is 45.8 Å². The van der Waals surface area contributed by atoms with Crippen LogP contribution in [0, 0.1) is 5.92 Å². The molecule has 5 heteroatoms. The topological polar surface area (TPSA) is 40.1 Å². The minimum atomic E-state index is 0.677. The van der Waals surface area contributed by atoms with Gasteiger partial charge in [-0.2, -0.15) is 0 Å². The third kappa shape index (κ3) is 4.83. The molecule has 3 fully saturated rings. The van der Waals surface area contributed by atoms with Gasteiger partial charge >= 0.3 is 0 Å². The minimum absolute atomic E-state index is 0.677. The molecule has 132 valence electrons. The number of aliphatic imine (C=N–C) groups is 1. The Hall–Kier alpha value is -0.810. The lowest BCUT2D eigenvalue weighted by Gasteiger charge is -2.32. The maximum atomic E-state index is 5.47. The van der Waals surface area contributed by atoms with Gasteiger partial charge in [0.15, 0.2) is 5.96 Å². The normalized spacial score (nSPS) is 27.8. The predicted octanol–water partition coefficient (Wildman–Crippen LogP) is 1.94. The molecule has 1 N–H and O–H groups in total. The van der Waals surface area contributed by atoms with Crippen LogP contribution in [-0.4, -0.2) is 74.8 Å². The van der Waals surface area contributed by atoms with Crippen LogP contribution in [0.3, 0.4) is 0 Å². The molecular formula is C18H34N4O. The summed E-state index contributed by atoms with van der Waals surface area (Å²) < 4.78 is 5.47. The Bertz CT molecular complexity index is 375. The van der Waals surface area contributed by atoms with Crippen LogP contribution in [0.15, 0.2) is 4.99 Å². The maximum Gasteiger partial charge on any atom is 0.193 e. The summed E-state index contributed by atoms with van der Waals surface area (Å²) >= 11 is 0. The van der Waals surface area contributed by atoms with Crippen LogP contribution in [0.4, 0.5) is 0 Å². The first kappa shape index (κ1) is 17.0. The summed E-state index contributed by atoms with van der Waals surface area (Å²) in [5, 5.41) is 3.59. The van der Waals surface area contributed by atoms with Crippen molar-refractivity contribution in [1.29, 1.82) is 0 Å². The number of likely N-dealkylation sites (tertiary alicyclic amines) is 1. The Balaban J connectivity index is 1.36. The molecule has 0 aromatic rings. The Kier molecular flexibility index (Phi) is 6.57. The van der Waals surface area contributed by atoms with Crippen LogP contribution in [0.2, 0.25) is 0 Å². The van der Waals surface area contributed by atoms with Crippen LogP contribution in [0.1, 0.15) is 44.9 Å². The van der Waals surface area contributed by atoms with Crippen molar-refractivity contribution in [2.45, 2.75) is 51.0 Å². The molecule has 0 radical (unpaired) electrons. The van der Waals surface area contributed by atoms with E-state index in [9.17, 15) is 0 Å². The lowest BCUT2D eigenvalue weighted by atomic mass is 10.0. The lowest BCUT2D eigenvalue weighted by Crippen LogP contribution is -2.46. The van der Waals surface area contributed by atoms with Crippen LogP contribution in [0.25, 0.3) is 0 Å². The fourth-order valence-corrected chi connectivity index (χ4v) is 4.40. The monoisotopic (exact) mass is 322 g/mol. The SMILES string of the molecule is CN=C(NCCCC1CCCC1)N1CCC(N2CCOCC2)C1. The first-order valence-corrected chi connectivity index (χ1v) is 9.64. The van der Waals surface area contributed by atoms with E-state index in [1.54, 1.807) is 0 Å². The summed E-state index contributed by atoms with van der Waals surface area (Å²) in [6.07, 6.45) is 9.75. The average molecular weight is 322 g/mol. The number of ether oxygens (including phenoxy) is 1. The van der Waals surface area contributed by atoms with Gasteiger partial charge in [0.1, 0.15) is 0 Å². The molecule has 23 heavy (non-hydrogen) atoms. The van der Waals surface area contributed by atoms with E-state index in [0.717, 1.165) is 57.8 Å². The van der Waals surface area contributed by atoms with E-state index < -0.39 is 0 Å². The molecule has 1 aliphatic carbocycles. The summed E-state index contributed by atoms with van der Waals surface area (Å²) in [5.74, 6) is 2.10. The number of nitrogens with zero attached hydrogens (tertiary/aromatic N) is 3. The van der Waals surface area contributed by atoms with Crippen molar-refractivity contribution in [2.24, 2.45) is 10.9 Å². The van der Waals surface area contributed by atoms with Crippen LogP contribution in [-0.2, 0) is 4.74 Å². The molecule has 2 saturated heterocycles. The second kappa shape index (κ2) is 8.88. The Morgan fingerprint density at radius 1 is 1.13 bits per heavy atom. The number of hydrogen-bond donors (Lipinski definition) is 1. The van der Waals surface area contributed by atoms with E-state index >= 15 is 0 Å². The second-order valence-electron chi connectivity index (χ2n) is 7.30. The van der Waals surface area contributed by atoms with Crippen molar-refractivity contribution >= 4 is 5.96 Å². The highest BCUT2D eigenvalue weighted by atomic mass is 16.5. The van der Waals surface area contributed by atoms with Gasteiger partial charge in [0.25, 0.3) is 0 Å². The highest BCUT2D eigenvalue weighted by Crippen LogP contribution is 2.28. The molecule has 1 unspecified atom stereocenters. The van der Waals surface area contributed by atoms with E-state index in [4.69, 9.17) is 4.74 Å². The molecule has 0 spiro atoms. The number of morpholine rings is 1. The third-order valence-electron chi connectivity index (χ3n) is 5.78. The lowest BCUT2D eigenvalue weighted by molar-refractivity contribution is 0.0195. The second-order valence-corrected chi connectivity index (χ2v) is 7.30. The molecule has 3 aliphatic rings. The summed E-state index contributed by atoms with van der Waals surface area (Å²) in [6, 6.07) is 0.677. The minimum Gasteiger partial charge on any atom is -0.379 e. The van der Waals surface area contributed by atoms with Gasteiger partial charge in [0.2, 0.25) is 0 Å². The number of nitrogens with one attached hydrogen (secondary N) is 1. The zero-order valence-corrected chi connectivity index (χ0v) is 14.8. The van der Waals surface area contributed by atoms with Gasteiger partial charge in [0.05, 0.1) is 13.2 Å². The summed E-state index contributed by atoms with van der Waals surface area (Å²) in [6.45, 7) is 7.28. The highest BCUT2D eigenvalue weighted by molar-refractivity contribution is 5.80. The van der Waals surface area contributed by atoms with Gasteiger partial charge < -0.3 is 15.0 Å². The largest absolute Gasteiger partial charge is 0.379 e. The maximum absolute atomic E-state index is 5.47. The zero-order chi connectivity index (χ0) is 15.9. The zero-order valence-electron chi connectivity index (χ0n) is 14.8. The molecule has 2 aliphatic heterocycles. The molecule has 0 amide bonds. The molecule has 5 nitrogen and oxygen atoms in total. The van der Waals surface area contributed by atoms with E-state index in [1.807, 2.05) is 7.05 Å². The Morgan fingerprint density at radius 2 is 1.91 bits per heavy atom. The molecule has 0 aromatic carbocycles. The molecule has 0 aromatic heterocycles. The molecule has 1 saturated carbocycles. The summed E-state index contributed by atoms with van der Waals surface area (Å²) in [5.41, 5.74) is 0. The van der Waals surface area contributed by atoms with Crippen molar-refractivity contribution in [1.82, 2.24) is 15.1 Å². The standard InChI is InChI=1S/C18H34N4O/c1-19-18(20-9-4-7-16-5-2-3-6-16)22-10-8-17(15-22)21-11-13-23-14-12-21/h16-17H,2-15H2,1H3,(H,19,20). The Labute approximate surface area is 141 Å². The molecule has 2 heterocycles. The van der Waals surface area contributed by atoms with Crippen molar-refractivity contribution in [3.8, 4) is 0 Å². The van der Waals surface area contributed by atoms with Crippen molar-refractivity contribution in [3.05, 3.63) is 0 Å². The van der Waals surface area contributed by atoms with Gasteiger partial charge in [-0.25, -0.2) is 0 Å². The van der Waals surface area contributed by atoms with Gasteiger partial charge in [-0.3, -0.25) is 9.89 Å². The van der Waals surface area contributed by atoms with Crippen LogP contribution >= 0.6 is 0 Å². The molecular weight excluding hydrogens is 288 g/mol. The summed E-state index contributed by atoms with van der Waals surface area (Å²) in [4.78, 5) is 9.54. The van der Waals surface area contributed by atoms with E-state index in [-0.39, 0.29) is 0 Å². The highest BCUT2D eigenvalue weighted by Gasteiger charge is 2.30. The fraction of sp³-hybridized carbons (Fsp3) is 0.944. The fourth-order valence-electron chi connectivity index (χ4n) is 4.40. The van der Waals surface area contributed by atoms with E-state index in [2.05, 4.69) is 20.1 Å². The van der Waals surface area contributed by atoms with Gasteiger partial charge in [-0.1, -0.05) is 25.7 Å². The Morgan fingerprint density at radius 3 is 2.65 bits per heavy atom. The quantitative estimate of drug-likeness (QED) is 0.477. The number of guanidine groups is 1. The average Bonchev–Trinajstić information content (AvgIpc) is 3.27. The number of rotatable bonds is 5. The van der Waals surface area contributed by atoms with Crippen molar-refractivity contribution < 1.29 is 4.74 Å². The van der Waals surface area contributed by atoms with Crippen LogP contribution < -0.4 is 5.32 Å².